The van der Waals surface area contributed by atoms with E-state index in [-0.39, 0.29) is 34.8 Å². The van der Waals surface area contributed by atoms with Gasteiger partial charge in [0.2, 0.25) is 11.8 Å². The van der Waals surface area contributed by atoms with Crippen LogP contribution in [-0.4, -0.2) is 42.1 Å². The second kappa shape index (κ2) is 9.38. The monoisotopic (exact) mass is 485 g/mol. The highest BCUT2D eigenvalue weighted by Crippen LogP contribution is 2.31. The highest BCUT2D eigenvalue weighted by molar-refractivity contribution is 8.16. The Bertz CT molecular complexity index is 1090. The van der Waals surface area contributed by atoms with Crippen LogP contribution in [0.2, 0.25) is 10.0 Å². The molecule has 158 valence electrons. The smallest absolute Gasteiger partial charge is 0.284 e. The van der Waals surface area contributed by atoms with Gasteiger partial charge in [0.25, 0.3) is 10.0 Å². The van der Waals surface area contributed by atoms with E-state index >= 15 is 0 Å². The van der Waals surface area contributed by atoms with Gasteiger partial charge in [-0.1, -0.05) is 35.0 Å². The van der Waals surface area contributed by atoms with Gasteiger partial charge in [-0.15, -0.1) is 4.40 Å². The maximum atomic E-state index is 12.7. The van der Waals surface area contributed by atoms with E-state index < -0.39 is 15.3 Å². The summed E-state index contributed by atoms with van der Waals surface area (Å²) in [4.78, 5) is 26.2. The Balaban J connectivity index is 1.75. The summed E-state index contributed by atoms with van der Waals surface area (Å²) in [6, 6.07) is 12.1. The number of nitrogens with one attached hydrogen (secondary N) is 1. The highest BCUT2D eigenvalue weighted by Gasteiger charge is 2.39. The second-order valence-electron chi connectivity index (χ2n) is 6.25. The summed E-state index contributed by atoms with van der Waals surface area (Å²) in [6.07, 6.45) is -0.122. The number of rotatable bonds is 6. The number of carbonyl (C=O) groups is 2. The van der Waals surface area contributed by atoms with Gasteiger partial charge in [0.15, 0.2) is 5.17 Å². The van der Waals surface area contributed by atoms with Crippen LogP contribution in [0.4, 0.5) is 5.69 Å². The van der Waals surface area contributed by atoms with Crippen LogP contribution in [0.5, 0.6) is 0 Å². The van der Waals surface area contributed by atoms with E-state index in [4.69, 9.17) is 23.2 Å². The molecule has 11 heteroatoms. The number of halogens is 2. The minimum absolute atomic E-state index is 0.0348. The Morgan fingerprint density at radius 2 is 1.67 bits per heavy atom. The van der Waals surface area contributed by atoms with Crippen LogP contribution < -0.4 is 5.32 Å². The SMILES string of the molecule is CCN1C(=O)C(CC(=O)Nc2ccc(Cl)cc2)S/C1=N/S(=O)(=O)c1ccc(Cl)cc1. The molecule has 2 amide bonds. The minimum Gasteiger partial charge on any atom is -0.326 e. The molecule has 0 radical (unpaired) electrons. The molecule has 0 spiro atoms. The molecule has 1 unspecified atom stereocenters. The first-order valence-corrected chi connectivity index (χ1v) is 11.9. The lowest BCUT2D eigenvalue weighted by atomic mass is 10.2. The van der Waals surface area contributed by atoms with Crippen molar-refractivity contribution in [3.63, 3.8) is 0 Å². The molecule has 0 saturated carbocycles. The molecular formula is C19H17Cl2N3O4S2. The number of anilines is 1. The van der Waals surface area contributed by atoms with Crippen molar-refractivity contribution in [1.82, 2.24) is 4.90 Å². The Kier molecular flexibility index (Phi) is 7.07. The zero-order chi connectivity index (χ0) is 21.9. The first-order valence-electron chi connectivity index (χ1n) is 8.83. The number of nitrogens with zero attached hydrogens (tertiary/aromatic N) is 2. The molecule has 2 aromatic rings. The van der Waals surface area contributed by atoms with Crippen molar-refractivity contribution in [2.24, 2.45) is 4.40 Å². The normalized spacial score (nSPS) is 18.1. The third-order valence-electron chi connectivity index (χ3n) is 4.14. The van der Waals surface area contributed by atoms with Crippen molar-refractivity contribution in [3.05, 3.63) is 58.6 Å². The van der Waals surface area contributed by atoms with Gasteiger partial charge in [0, 0.05) is 28.7 Å². The summed E-state index contributed by atoms with van der Waals surface area (Å²) in [6.45, 7) is 1.94. The molecule has 30 heavy (non-hydrogen) atoms. The van der Waals surface area contributed by atoms with E-state index in [1.807, 2.05) is 0 Å². The maximum absolute atomic E-state index is 12.7. The largest absolute Gasteiger partial charge is 0.326 e. The number of hydrogen-bond donors (Lipinski definition) is 1. The van der Waals surface area contributed by atoms with E-state index in [0.717, 1.165) is 11.8 Å². The van der Waals surface area contributed by atoms with Crippen LogP contribution in [0.3, 0.4) is 0 Å². The molecule has 0 aliphatic carbocycles. The average Bonchev–Trinajstić information content (AvgIpc) is 2.97. The standard InChI is InChI=1S/C19H17Cl2N3O4S2/c1-2-24-18(26)16(11-17(25)22-14-7-3-12(20)4-8-14)29-19(24)23-30(27,28)15-9-5-13(21)6-10-15/h3-10,16H,2,11H2,1H3,(H,22,25)/b23-19+. The van der Waals surface area contributed by atoms with Crippen molar-refractivity contribution in [3.8, 4) is 0 Å². The van der Waals surface area contributed by atoms with E-state index in [1.54, 1.807) is 31.2 Å². The lowest BCUT2D eigenvalue weighted by molar-refractivity contribution is -0.128. The fourth-order valence-corrected chi connectivity index (χ4v) is 5.35. The quantitative estimate of drug-likeness (QED) is 0.665. The third kappa shape index (κ3) is 5.34. The molecule has 7 nitrogen and oxygen atoms in total. The number of hydrogen-bond acceptors (Lipinski definition) is 5. The molecule has 2 aromatic carbocycles. The van der Waals surface area contributed by atoms with Gasteiger partial charge in [0.05, 0.1) is 4.90 Å². The van der Waals surface area contributed by atoms with E-state index in [2.05, 4.69) is 9.71 Å². The van der Waals surface area contributed by atoms with E-state index in [9.17, 15) is 18.0 Å². The summed E-state index contributed by atoms with van der Waals surface area (Å²) in [5.74, 6) is -0.736. The number of carbonyl (C=O) groups excluding carboxylic acids is 2. The molecule has 1 fully saturated rings. The van der Waals surface area contributed by atoms with Crippen LogP contribution in [-0.2, 0) is 19.6 Å². The molecule has 1 atom stereocenters. The zero-order valence-corrected chi connectivity index (χ0v) is 18.9. The van der Waals surface area contributed by atoms with Gasteiger partial charge in [-0.2, -0.15) is 8.42 Å². The molecule has 3 rings (SSSR count). The summed E-state index contributed by atoms with van der Waals surface area (Å²) < 4.78 is 29.0. The number of benzene rings is 2. The first kappa shape index (κ1) is 22.6. The number of amides is 2. The molecule has 1 aliphatic heterocycles. The van der Waals surface area contributed by atoms with Crippen LogP contribution >= 0.6 is 35.0 Å². The van der Waals surface area contributed by atoms with Crippen LogP contribution in [0.15, 0.2) is 57.8 Å². The molecular weight excluding hydrogens is 469 g/mol. The van der Waals surface area contributed by atoms with Crippen molar-refractivity contribution in [2.75, 3.05) is 11.9 Å². The van der Waals surface area contributed by atoms with E-state index in [1.165, 1.54) is 29.2 Å². The fourth-order valence-electron chi connectivity index (χ4n) is 2.68. The van der Waals surface area contributed by atoms with Gasteiger partial charge in [-0.3, -0.25) is 14.5 Å². The number of amidine groups is 1. The van der Waals surface area contributed by atoms with Gasteiger partial charge in [-0.25, -0.2) is 0 Å². The molecule has 0 bridgehead atoms. The first-order chi connectivity index (χ1) is 14.2. The van der Waals surface area contributed by atoms with Crippen molar-refractivity contribution in [1.29, 1.82) is 0 Å². The van der Waals surface area contributed by atoms with Crippen molar-refractivity contribution in [2.45, 2.75) is 23.5 Å². The van der Waals surface area contributed by atoms with E-state index in [0.29, 0.717) is 15.7 Å². The van der Waals surface area contributed by atoms with Crippen LogP contribution in [0.1, 0.15) is 13.3 Å². The summed E-state index contributed by atoms with van der Waals surface area (Å²) in [5.41, 5.74) is 0.548. The second-order valence-corrected chi connectivity index (χ2v) is 9.90. The Labute approximate surface area is 188 Å². The Morgan fingerprint density at radius 1 is 1.10 bits per heavy atom. The fraction of sp³-hybridized carbons (Fsp3) is 0.211. The summed E-state index contributed by atoms with van der Waals surface area (Å²) in [7, 11) is -4.03. The molecule has 1 saturated heterocycles. The topological polar surface area (TPSA) is 95.9 Å². The predicted molar refractivity (Wildman–Crippen MR) is 120 cm³/mol. The predicted octanol–water partition coefficient (Wildman–Crippen LogP) is 4.03. The van der Waals surface area contributed by atoms with Crippen LogP contribution in [0, 0.1) is 0 Å². The maximum Gasteiger partial charge on any atom is 0.284 e. The third-order valence-corrected chi connectivity index (χ3v) is 7.22. The number of thioether (sulfide) groups is 1. The zero-order valence-electron chi connectivity index (χ0n) is 15.7. The molecule has 1 N–H and O–H groups in total. The van der Waals surface area contributed by atoms with Crippen molar-refractivity contribution < 1.29 is 18.0 Å². The lowest BCUT2D eigenvalue weighted by Crippen LogP contribution is -2.33. The van der Waals surface area contributed by atoms with Gasteiger partial charge in [0.1, 0.15) is 5.25 Å². The minimum atomic E-state index is -4.03. The van der Waals surface area contributed by atoms with Gasteiger partial charge < -0.3 is 5.32 Å². The lowest BCUT2D eigenvalue weighted by Gasteiger charge is -2.13. The highest BCUT2D eigenvalue weighted by atomic mass is 35.5. The summed E-state index contributed by atoms with van der Waals surface area (Å²) in [5, 5.41) is 2.90. The van der Waals surface area contributed by atoms with Crippen LogP contribution in [0.25, 0.3) is 0 Å². The Hall–Kier alpha value is -2.07. The average molecular weight is 486 g/mol. The van der Waals surface area contributed by atoms with Gasteiger partial charge in [-0.05, 0) is 55.5 Å². The Morgan fingerprint density at radius 3 is 2.23 bits per heavy atom. The molecule has 1 aliphatic rings. The van der Waals surface area contributed by atoms with Gasteiger partial charge >= 0.3 is 0 Å². The van der Waals surface area contributed by atoms with Crippen molar-refractivity contribution >= 4 is 67.7 Å². The summed E-state index contributed by atoms with van der Waals surface area (Å²) >= 11 is 12.6. The molecule has 0 aromatic heterocycles. The number of sulfonamides is 1. The molecule has 1 heterocycles.